The number of hydrogen-bond donors (Lipinski definition) is 1. The third kappa shape index (κ3) is 3.38. The highest BCUT2D eigenvalue weighted by Crippen LogP contribution is 2.29. The normalized spacial score (nSPS) is 10.8. The lowest BCUT2D eigenvalue weighted by atomic mass is 10.0. The topological polar surface area (TPSA) is 40.5 Å². The van der Waals surface area contributed by atoms with Gasteiger partial charge in [-0.2, -0.15) is 0 Å². The molecule has 2 aromatic carbocycles. The first kappa shape index (κ1) is 14.6. The zero-order valence-corrected chi connectivity index (χ0v) is 12.2. The second-order valence-electron chi connectivity index (χ2n) is 4.94. The molecule has 0 aliphatic rings. The van der Waals surface area contributed by atoms with Crippen molar-refractivity contribution in [3.05, 3.63) is 58.6 Å². The number of carboxylic acids is 1. The fourth-order valence-electron chi connectivity index (χ4n) is 2.08. The van der Waals surface area contributed by atoms with Crippen molar-refractivity contribution in [2.45, 2.75) is 6.54 Å². The van der Waals surface area contributed by atoms with Crippen molar-refractivity contribution >= 4 is 17.6 Å². The molecule has 0 atom stereocenters. The van der Waals surface area contributed by atoms with E-state index in [-0.39, 0.29) is 5.56 Å². The number of halogens is 1. The largest absolute Gasteiger partial charge is 0.478 e. The maximum atomic E-state index is 11.1. The van der Waals surface area contributed by atoms with Crippen LogP contribution in [0.4, 0.5) is 0 Å². The Balaban J connectivity index is 2.45. The molecule has 0 radical (unpaired) electrons. The van der Waals surface area contributed by atoms with Crippen LogP contribution in [0, 0.1) is 0 Å². The summed E-state index contributed by atoms with van der Waals surface area (Å²) in [4.78, 5) is 13.1. The minimum absolute atomic E-state index is 0.238. The molecule has 0 spiro atoms. The predicted molar refractivity (Wildman–Crippen MR) is 81.2 cm³/mol. The van der Waals surface area contributed by atoms with E-state index < -0.39 is 5.97 Å². The van der Waals surface area contributed by atoms with Gasteiger partial charge in [0.05, 0.1) is 5.56 Å². The molecule has 0 fully saturated rings. The standard InChI is InChI=1S/C16H16ClNO2/c1-18(2)10-11-4-3-5-12(8-11)14-9-13(16(19)20)6-7-15(14)17/h3-9H,10H2,1-2H3,(H,19,20). The number of benzene rings is 2. The highest BCUT2D eigenvalue weighted by Gasteiger charge is 2.09. The first-order valence-electron chi connectivity index (χ1n) is 6.24. The Bertz CT molecular complexity index is 638. The maximum Gasteiger partial charge on any atom is 0.335 e. The Kier molecular flexibility index (Phi) is 4.42. The summed E-state index contributed by atoms with van der Waals surface area (Å²) in [5.41, 5.74) is 3.07. The van der Waals surface area contributed by atoms with Gasteiger partial charge >= 0.3 is 5.97 Å². The van der Waals surface area contributed by atoms with Crippen LogP contribution in [0.1, 0.15) is 15.9 Å². The van der Waals surface area contributed by atoms with E-state index >= 15 is 0 Å². The summed E-state index contributed by atoms with van der Waals surface area (Å²) >= 11 is 6.19. The van der Waals surface area contributed by atoms with Crippen LogP contribution in [-0.4, -0.2) is 30.1 Å². The second-order valence-corrected chi connectivity index (χ2v) is 5.35. The number of hydrogen-bond acceptors (Lipinski definition) is 2. The highest BCUT2D eigenvalue weighted by atomic mass is 35.5. The third-order valence-corrected chi connectivity index (χ3v) is 3.28. The van der Waals surface area contributed by atoms with Crippen LogP contribution in [-0.2, 0) is 6.54 Å². The summed E-state index contributed by atoms with van der Waals surface area (Å²) in [7, 11) is 4.01. The number of aromatic carboxylic acids is 1. The molecule has 0 heterocycles. The van der Waals surface area contributed by atoms with Gasteiger partial charge in [0.15, 0.2) is 0 Å². The Morgan fingerprint density at radius 2 is 1.95 bits per heavy atom. The van der Waals surface area contributed by atoms with Gasteiger partial charge in [0.2, 0.25) is 0 Å². The van der Waals surface area contributed by atoms with Gasteiger partial charge in [0, 0.05) is 17.1 Å². The first-order chi connectivity index (χ1) is 9.47. The van der Waals surface area contributed by atoms with E-state index in [9.17, 15) is 4.79 Å². The van der Waals surface area contributed by atoms with Gasteiger partial charge in [-0.3, -0.25) is 0 Å². The van der Waals surface area contributed by atoms with E-state index in [1.807, 2.05) is 38.4 Å². The molecule has 20 heavy (non-hydrogen) atoms. The second kappa shape index (κ2) is 6.07. The van der Waals surface area contributed by atoms with Crippen molar-refractivity contribution in [3.63, 3.8) is 0 Å². The lowest BCUT2D eigenvalue weighted by molar-refractivity contribution is 0.0697. The minimum Gasteiger partial charge on any atom is -0.478 e. The average molecular weight is 290 g/mol. The van der Waals surface area contributed by atoms with Crippen molar-refractivity contribution in [2.75, 3.05) is 14.1 Å². The quantitative estimate of drug-likeness (QED) is 0.931. The molecule has 2 aromatic rings. The van der Waals surface area contributed by atoms with E-state index in [0.717, 1.165) is 23.2 Å². The maximum absolute atomic E-state index is 11.1. The molecule has 0 bridgehead atoms. The van der Waals surface area contributed by atoms with Gasteiger partial charge < -0.3 is 10.0 Å². The fourth-order valence-corrected chi connectivity index (χ4v) is 2.31. The molecule has 0 saturated carbocycles. The number of rotatable bonds is 4. The molecule has 1 N–H and O–H groups in total. The highest BCUT2D eigenvalue weighted by molar-refractivity contribution is 6.33. The molecule has 0 saturated heterocycles. The summed E-state index contributed by atoms with van der Waals surface area (Å²) in [6.07, 6.45) is 0. The Morgan fingerprint density at radius 1 is 1.20 bits per heavy atom. The zero-order valence-electron chi connectivity index (χ0n) is 11.4. The molecule has 104 valence electrons. The molecule has 0 aromatic heterocycles. The monoisotopic (exact) mass is 289 g/mol. The van der Waals surface area contributed by atoms with Crippen molar-refractivity contribution < 1.29 is 9.90 Å². The Morgan fingerprint density at radius 3 is 2.60 bits per heavy atom. The van der Waals surface area contributed by atoms with E-state index in [2.05, 4.69) is 4.90 Å². The summed E-state index contributed by atoms with van der Waals surface area (Å²) in [5.74, 6) is -0.952. The summed E-state index contributed by atoms with van der Waals surface area (Å²) in [5, 5.41) is 9.62. The predicted octanol–water partition coefficient (Wildman–Crippen LogP) is 3.77. The van der Waals surface area contributed by atoms with E-state index in [1.54, 1.807) is 12.1 Å². The molecular formula is C16H16ClNO2. The number of carbonyl (C=O) groups is 1. The molecular weight excluding hydrogens is 274 g/mol. The SMILES string of the molecule is CN(C)Cc1cccc(-c2cc(C(=O)O)ccc2Cl)c1. The molecule has 0 unspecified atom stereocenters. The molecule has 0 aliphatic carbocycles. The van der Waals surface area contributed by atoms with Crippen molar-refractivity contribution in [1.29, 1.82) is 0 Å². The van der Waals surface area contributed by atoms with Crippen LogP contribution in [0.25, 0.3) is 11.1 Å². The van der Waals surface area contributed by atoms with Gasteiger partial charge in [-0.15, -0.1) is 0 Å². The van der Waals surface area contributed by atoms with Gasteiger partial charge in [0.25, 0.3) is 0 Å². The van der Waals surface area contributed by atoms with Crippen LogP contribution < -0.4 is 0 Å². The zero-order chi connectivity index (χ0) is 14.7. The average Bonchev–Trinajstić information content (AvgIpc) is 2.38. The van der Waals surface area contributed by atoms with Crippen molar-refractivity contribution in [2.24, 2.45) is 0 Å². The van der Waals surface area contributed by atoms with Gasteiger partial charge in [-0.1, -0.05) is 29.8 Å². The number of carboxylic acid groups (broad SMARTS) is 1. The molecule has 4 heteroatoms. The van der Waals surface area contributed by atoms with E-state index in [1.165, 1.54) is 6.07 Å². The molecule has 3 nitrogen and oxygen atoms in total. The smallest absolute Gasteiger partial charge is 0.335 e. The Labute approximate surface area is 123 Å². The fraction of sp³-hybridized carbons (Fsp3) is 0.188. The lowest BCUT2D eigenvalue weighted by Crippen LogP contribution is -2.10. The van der Waals surface area contributed by atoms with Crippen molar-refractivity contribution in [3.8, 4) is 11.1 Å². The van der Waals surface area contributed by atoms with E-state index in [0.29, 0.717) is 5.02 Å². The third-order valence-electron chi connectivity index (χ3n) is 2.95. The van der Waals surface area contributed by atoms with Gasteiger partial charge in [-0.25, -0.2) is 4.79 Å². The first-order valence-corrected chi connectivity index (χ1v) is 6.62. The van der Waals surface area contributed by atoms with Gasteiger partial charge in [0.1, 0.15) is 0 Å². The van der Waals surface area contributed by atoms with Crippen LogP contribution in [0.15, 0.2) is 42.5 Å². The lowest BCUT2D eigenvalue weighted by Gasteiger charge is -2.12. The summed E-state index contributed by atoms with van der Waals surface area (Å²) in [6, 6.07) is 12.7. The Hall–Kier alpha value is -1.84. The number of nitrogens with zero attached hydrogens (tertiary/aromatic N) is 1. The molecule has 2 rings (SSSR count). The van der Waals surface area contributed by atoms with Crippen LogP contribution in [0.3, 0.4) is 0 Å². The minimum atomic E-state index is -0.952. The van der Waals surface area contributed by atoms with Crippen LogP contribution >= 0.6 is 11.6 Å². The van der Waals surface area contributed by atoms with Crippen LogP contribution in [0.2, 0.25) is 5.02 Å². The summed E-state index contributed by atoms with van der Waals surface area (Å²) in [6.45, 7) is 0.823. The summed E-state index contributed by atoms with van der Waals surface area (Å²) < 4.78 is 0. The molecule has 0 amide bonds. The molecule has 0 aliphatic heterocycles. The van der Waals surface area contributed by atoms with Crippen LogP contribution in [0.5, 0.6) is 0 Å². The van der Waals surface area contributed by atoms with Gasteiger partial charge in [-0.05, 0) is 49.5 Å². The van der Waals surface area contributed by atoms with E-state index in [4.69, 9.17) is 16.7 Å². The van der Waals surface area contributed by atoms with Crippen molar-refractivity contribution in [1.82, 2.24) is 4.90 Å².